The van der Waals surface area contributed by atoms with Gasteiger partial charge in [0.05, 0.1) is 11.4 Å². The zero-order valence-corrected chi connectivity index (χ0v) is 18.1. The minimum Gasteiger partial charge on any atom is -0.489 e. The Hall–Kier alpha value is -3.85. The third-order valence-corrected chi connectivity index (χ3v) is 5.83. The SMILES string of the molecule is Cc1ccc(Cn2cnc(NC(=O)c3cc(COc4ccc5c(c4)OCO5)cs3)n2)cc1. The van der Waals surface area contributed by atoms with E-state index in [1.54, 1.807) is 23.1 Å². The minimum atomic E-state index is -0.252. The summed E-state index contributed by atoms with van der Waals surface area (Å²) < 4.78 is 18.2. The number of hydrogen-bond acceptors (Lipinski definition) is 7. The fourth-order valence-electron chi connectivity index (χ4n) is 3.18. The number of nitrogens with zero attached hydrogens (tertiary/aromatic N) is 3. The van der Waals surface area contributed by atoms with Crippen LogP contribution in [0.25, 0.3) is 0 Å². The molecule has 0 saturated heterocycles. The second-order valence-electron chi connectivity index (χ2n) is 7.33. The van der Waals surface area contributed by atoms with Gasteiger partial charge in [0.15, 0.2) is 11.5 Å². The Balaban J connectivity index is 1.16. The third kappa shape index (κ3) is 4.57. The maximum Gasteiger partial charge on any atom is 0.268 e. The van der Waals surface area contributed by atoms with Gasteiger partial charge in [0.25, 0.3) is 5.91 Å². The van der Waals surface area contributed by atoms with Gasteiger partial charge in [-0.1, -0.05) is 29.8 Å². The molecule has 0 radical (unpaired) electrons. The van der Waals surface area contributed by atoms with Crippen molar-refractivity contribution in [2.45, 2.75) is 20.1 Å². The molecule has 8 nitrogen and oxygen atoms in total. The van der Waals surface area contributed by atoms with Crippen LogP contribution in [0.5, 0.6) is 17.2 Å². The van der Waals surface area contributed by atoms with Gasteiger partial charge in [-0.25, -0.2) is 9.67 Å². The lowest BCUT2D eigenvalue weighted by Crippen LogP contribution is -2.12. The number of carbonyl (C=O) groups excluding carboxylic acids is 1. The number of benzene rings is 2. The molecule has 1 N–H and O–H groups in total. The Morgan fingerprint density at radius 3 is 2.84 bits per heavy atom. The maximum absolute atomic E-state index is 12.6. The molecule has 2 aromatic heterocycles. The number of hydrogen-bond donors (Lipinski definition) is 1. The highest BCUT2D eigenvalue weighted by Crippen LogP contribution is 2.35. The highest BCUT2D eigenvalue weighted by atomic mass is 32.1. The van der Waals surface area contributed by atoms with Crippen LogP contribution in [0.3, 0.4) is 0 Å². The summed E-state index contributed by atoms with van der Waals surface area (Å²) in [5.74, 6) is 2.07. The van der Waals surface area contributed by atoms with Crippen molar-refractivity contribution in [2.24, 2.45) is 0 Å². The average Bonchev–Trinajstić information content (AvgIpc) is 3.54. The molecule has 4 aromatic rings. The van der Waals surface area contributed by atoms with E-state index in [1.165, 1.54) is 16.9 Å². The lowest BCUT2D eigenvalue weighted by Gasteiger charge is -2.05. The van der Waals surface area contributed by atoms with Crippen LogP contribution in [-0.4, -0.2) is 27.5 Å². The fraction of sp³-hybridized carbons (Fsp3) is 0.174. The molecule has 5 rings (SSSR count). The van der Waals surface area contributed by atoms with E-state index in [9.17, 15) is 4.79 Å². The number of fused-ring (bicyclic) bond motifs is 1. The first-order valence-electron chi connectivity index (χ1n) is 9.98. The van der Waals surface area contributed by atoms with E-state index in [4.69, 9.17) is 14.2 Å². The van der Waals surface area contributed by atoms with Crippen LogP contribution in [-0.2, 0) is 13.2 Å². The first kappa shape index (κ1) is 20.1. The van der Waals surface area contributed by atoms with E-state index in [-0.39, 0.29) is 18.6 Å². The second-order valence-corrected chi connectivity index (χ2v) is 8.24. The molecule has 0 atom stereocenters. The standard InChI is InChI=1S/C23H20N4O4S/c1-15-2-4-16(5-3-15)10-27-13-24-23(26-27)25-22(28)21-8-17(12-32-21)11-29-18-6-7-19-20(9-18)31-14-30-19/h2-9,12-13H,10-11,14H2,1H3,(H,25,26,28). The van der Waals surface area contributed by atoms with Gasteiger partial charge in [-0.05, 0) is 36.1 Å². The van der Waals surface area contributed by atoms with Crippen LogP contribution < -0.4 is 19.5 Å². The Bertz CT molecular complexity index is 1250. The molecule has 1 aliphatic rings. The summed E-state index contributed by atoms with van der Waals surface area (Å²) in [6.45, 7) is 3.20. The van der Waals surface area contributed by atoms with Gasteiger partial charge >= 0.3 is 0 Å². The van der Waals surface area contributed by atoms with E-state index in [1.807, 2.05) is 36.6 Å². The Morgan fingerprint density at radius 2 is 1.97 bits per heavy atom. The van der Waals surface area contributed by atoms with E-state index < -0.39 is 0 Å². The number of aryl methyl sites for hydroxylation is 1. The average molecular weight is 449 g/mol. The Kier molecular flexibility index (Phi) is 5.47. The van der Waals surface area contributed by atoms with Crippen molar-refractivity contribution in [3.05, 3.63) is 81.8 Å². The van der Waals surface area contributed by atoms with Gasteiger partial charge in [0.2, 0.25) is 12.7 Å². The van der Waals surface area contributed by atoms with Crippen LogP contribution >= 0.6 is 11.3 Å². The van der Waals surface area contributed by atoms with Gasteiger partial charge in [-0.2, -0.15) is 0 Å². The molecule has 2 aromatic carbocycles. The quantitative estimate of drug-likeness (QED) is 0.455. The number of nitrogens with one attached hydrogen (secondary N) is 1. The Labute approximate surface area is 188 Å². The molecule has 162 valence electrons. The zero-order valence-electron chi connectivity index (χ0n) is 17.3. The van der Waals surface area contributed by atoms with Crippen molar-refractivity contribution in [2.75, 3.05) is 12.1 Å². The second kappa shape index (κ2) is 8.72. The van der Waals surface area contributed by atoms with Crippen molar-refractivity contribution < 1.29 is 19.0 Å². The molecule has 0 saturated carbocycles. The van der Waals surface area contributed by atoms with Gasteiger partial charge in [-0.15, -0.1) is 16.4 Å². The number of carbonyl (C=O) groups is 1. The molecule has 0 aliphatic carbocycles. The predicted molar refractivity (Wildman–Crippen MR) is 119 cm³/mol. The molecule has 32 heavy (non-hydrogen) atoms. The molecule has 9 heteroatoms. The van der Waals surface area contributed by atoms with Crippen molar-refractivity contribution in [1.29, 1.82) is 0 Å². The summed E-state index contributed by atoms with van der Waals surface area (Å²) in [5.41, 5.74) is 3.22. The van der Waals surface area contributed by atoms with Crippen LogP contribution in [0.4, 0.5) is 5.95 Å². The lowest BCUT2D eigenvalue weighted by molar-refractivity contribution is 0.102. The van der Waals surface area contributed by atoms with Crippen molar-refractivity contribution in [1.82, 2.24) is 14.8 Å². The highest BCUT2D eigenvalue weighted by Gasteiger charge is 2.15. The topological polar surface area (TPSA) is 87.5 Å². The number of anilines is 1. The molecule has 0 fully saturated rings. The molecule has 1 aliphatic heterocycles. The van der Waals surface area contributed by atoms with Crippen LogP contribution in [0, 0.1) is 6.92 Å². The molecular formula is C23H20N4O4S. The summed E-state index contributed by atoms with van der Waals surface area (Å²) in [7, 11) is 0. The fourth-order valence-corrected chi connectivity index (χ4v) is 3.97. The number of thiophene rings is 1. The predicted octanol–water partition coefficient (Wildman–Crippen LogP) is 4.26. The smallest absolute Gasteiger partial charge is 0.268 e. The van der Waals surface area contributed by atoms with E-state index >= 15 is 0 Å². The van der Waals surface area contributed by atoms with Gasteiger partial charge < -0.3 is 14.2 Å². The monoisotopic (exact) mass is 448 g/mol. The first-order valence-corrected chi connectivity index (χ1v) is 10.9. The number of aromatic nitrogens is 3. The molecule has 0 spiro atoms. The largest absolute Gasteiger partial charge is 0.489 e. The summed E-state index contributed by atoms with van der Waals surface area (Å²) in [5, 5.41) is 8.98. The van der Waals surface area contributed by atoms with Crippen LogP contribution in [0.15, 0.2) is 60.2 Å². The number of amides is 1. The summed E-state index contributed by atoms with van der Waals surface area (Å²) >= 11 is 1.34. The molecule has 1 amide bonds. The highest BCUT2D eigenvalue weighted by molar-refractivity contribution is 7.12. The molecule has 0 unspecified atom stereocenters. The minimum absolute atomic E-state index is 0.223. The Morgan fingerprint density at radius 1 is 1.12 bits per heavy atom. The van der Waals surface area contributed by atoms with Crippen molar-refractivity contribution >= 4 is 23.2 Å². The summed E-state index contributed by atoms with van der Waals surface area (Å²) in [6, 6.07) is 15.4. The van der Waals surface area contributed by atoms with Crippen molar-refractivity contribution in [3.8, 4) is 17.2 Å². The van der Waals surface area contributed by atoms with Crippen LogP contribution in [0.1, 0.15) is 26.4 Å². The van der Waals surface area contributed by atoms with Gasteiger partial charge in [0.1, 0.15) is 18.7 Å². The normalized spacial score (nSPS) is 12.0. The van der Waals surface area contributed by atoms with Crippen LogP contribution in [0.2, 0.25) is 0 Å². The van der Waals surface area contributed by atoms with Crippen molar-refractivity contribution in [3.63, 3.8) is 0 Å². The van der Waals surface area contributed by atoms with E-state index in [0.717, 1.165) is 11.1 Å². The zero-order chi connectivity index (χ0) is 21.9. The van der Waals surface area contributed by atoms with E-state index in [2.05, 4.69) is 27.5 Å². The molecule has 0 bridgehead atoms. The number of ether oxygens (including phenoxy) is 3. The lowest BCUT2D eigenvalue weighted by atomic mass is 10.1. The van der Waals surface area contributed by atoms with Gasteiger partial charge in [-0.3, -0.25) is 10.1 Å². The molecular weight excluding hydrogens is 428 g/mol. The molecule has 3 heterocycles. The number of rotatable bonds is 7. The first-order chi connectivity index (χ1) is 15.6. The third-order valence-electron chi connectivity index (χ3n) is 4.85. The maximum atomic E-state index is 12.6. The van der Waals surface area contributed by atoms with Gasteiger partial charge in [0, 0.05) is 11.6 Å². The summed E-state index contributed by atoms with van der Waals surface area (Å²) in [4.78, 5) is 17.3. The van der Waals surface area contributed by atoms with E-state index in [0.29, 0.717) is 35.3 Å². The summed E-state index contributed by atoms with van der Waals surface area (Å²) in [6.07, 6.45) is 1.61.